The van der Waals surface area contributed by atoms with Crippen molar-refractivity contribution in [2.75, 3.05) is 0 Å². The predicted octanol–water partition coefficient (Wildman–Crippen LogP) is 3.26. The molecule has 1 fully saturated rings. The van der Waals surface area contributed by atoms with Crippen LogP contribution in [0.2, 0.25) is 0 Å². The molecule has 0 saturated heterocycles. The second-order valence-electron chi connectivity index (χ2n) is 4.73. The van der Waals surface area contributed by atoms with E-state index in [0.717, 1.165) is 24.0 Å². The fourth-order valence-electron chi connectivity index (χ4n) is 2.47. The zero-order chi connectivity index (χ0) is 10.7. The molecule has 1 saturated carbocycles. The van der Waals surface area contributed by atoms with Gasteiger partial charge in [-0.05, 0) is 44.7 Å². The lowest BCUT2D eigenvalue weighted by molar-refractivity contribution is 0.360. The summed E-state index contributed by atoms with van der Waals surface area (Å²) < 4.78 is 5.53. The number of nitrogens with one attached hydrogen (secondary N) is 1. The number of hydrogen-bond donors (Lipinski definition) is 1. The van der Waals surface area contributed by atoms with Gasteiger partial charge in [0.2, 0.25) is 0 Å². The highest BCUT2D eigenvalue weighted by atomic mass is 16.3. The summed E-state index contributed by atoms with van der Waals surface area (Å²) in [5.74, 6) is 2.93. The van der Waals surface area contributed by atoms with E-state index >= 15 is 0 Å². The molecule has 1 aliphatic rings. The molecule has 2 heteroatoms. The molecule has 15 heavy (non-hydrogen) atoms. The summed E-state index contributed by atoms with van der Waals surface area (Å²) in [5.41, 5.74) is 0. The first-order valence-electron chi connectivity index (χ1n) is 6.04. The first kappa shape index (κ1) is 10.7. The van der Waals surface area contributed by atoms with E-state index in [-0.39, 0.29) is 0 Å². The molecule has 0 radical (unpaired) electrons. The van der Waals surface area contributed by atoms with Gasteiger partial charge in [0.15, 0.2) is 0 Å². The molecule has 1 atom stereocenters. The van der Waals surface area contributed by atoms with Gasteiger partial charge < -0.3 is 9.73 Å². The van der Waals surface area contributed by atoms with Crippen LogP contribution in [0.5, 0.6) is 0 Å². The van der Waals surface area contributed by atoms with Gasteiger partial charge >= 0.3 is 0 Å². The van der Waals surface area contributed by atoms with E-state index in [1.54, 1.807) is 0 Å². The highest BCUT2D eigenvalue weighted by molar-refractivity contribution is 5.05. The standard InChI is InChI=1S/C13H21NO/c1-10-7-8-13(15-10)9-14-11(2)12-5-3-4-6-12/h7-8,11-12,14H,3-6,9H2,1-2H3. The molecule has 1 aromatic heterocycles. The minimum absolute atomic E-state index is 0.623. The molecule has 0 aliphatic heterocycles. The molecular formula is C13H21NO. The molecule has 1 unspecified atom stereocenters. The van der Waals surface area contributed by atoms with Gasteiger partial charge in [-0.3, -0.25) is 0 Å². The van der Waals surface area contributed by atoms with Crippen LogP contribution >= 0.6 is 0 Å². The van der Waals surface area contributed by atoms with E-state index in [4.69, 9.17) is 4.42 Å². The zero-order valence-corrected chi connectivity index (χ0v) is 9.75. The van der Waals surface area contributed by atoms with Crippen LogP contribution in [0.3, 0.4) is 0 Å². The minimum Gasteiger partial charge on any atom is -0.465 e. The third-order valence-corrected chi connectivity index (χ3v) is 3.50. The van der Waals surface area contributed by atoms with Gasteiger partial charge in [0.25, 0.3) is 0 Å². The first-order chi connectivity index (χ1) is 7.25. The molecule has 0 spiro atoms. The van der Waals surface area contributed by atoms with Crippen LogP contribution in [0.15, 0.2) is 16.5 Å². The Morgan fingerprint density at radius 2 is 2.13 bits per heavy atom. The predicted molar refractivity (Wildman–Crippen MR) is 61.7 cm³/mol. The molecule has 84 valence electrons. The molecule has 0 aromatic carbocycles. The van der Waals surface area contributed by atoms with Crippen molar-refractivity contribution in [3.63, 3.8) is 0 Å². The Balaban J connectivity index is 1.77. The Morgan fingerprint density at radius 1 is 1.40 bits per heavy atom. The summed E-state index contributed by atoms with van der Waals surface area (Å²) in [6, 6.07) is 4.71. The normalized spacial score (nSPS) is 19.6. The van der Waals surface area contributed by atoms with E-state index in [2.05, 4.69) is 18.3 Å². The lowest BCUT2D eigenvalue weighted by Gasteiger charge is -2.19. The smallest absolute Gasteiger partial charge is 0.117 e. The topological polar surface area (TPSA) is 25.2 Å². The third-order valence-electron chi connectivity index (χ3n) is 3.50. The van der Waals surface area contributed by atoms with Crippen LogP contribution in [0, 0.1) is 12.8 Å². The van der Waals surface area contributed by atoms with Crippen molar-refractivity contribution in [1.29, 1.82) is 0 Å². The van der Waals surface area contributed by atoms with Gasteiger partial charge in [0.1, 0.15) is 11.5 Å². The van der Waals surface area contributed by atoms with E-state index in [1.165, 1.54) is 25.7 Å². The number of aryl methyl sites for hydroxylation is 1. The highest BCUT2D eigenvalue weighted by Crippen LogP contribution is 2.27. The highest BCUT2D eigenvalue weighted by Gasteiger charge is 2.20. The fourth-order valence-corrected chi connectivity index (χ4v) is 2.47. The third kappa shape index (κ3) is 2.85. The fraction of sp³-hybridized carbons (Fsp3) is 0.692. The Morgan fingerprint density at radius 3 is 2.73 bits per heavy atom. The van der Waals surface area contributed by atoms with Crippen molar-refractivity contribution in [2.24, 2.45) is 5.92 Å². The quantitative estimate of drug-likeness (QED) is 0.819. The van der Waals surface area contributed by atoms with Crippen LogP contribution in [-0.2, 0) is 6.54 Å². The summed E-state index contributed by atoms with van der Waals surface area (Å²) in [6.07, 6.45) is 5.61. The molecule has 1 aliphatic carbocycles. The largest absolute Gasteiger partial charge is 0.465 e. The van der Waals surface area contributed by atoms with E-state index in [0.29, 0.717) is 6.04 Å². The van der Waals surface area contributed by atoms with Crippen LogP contribution < -0.4 is 5.32 Å². The summed E-state index contributed by atoms with van der Waals surface area (Å²) in [7, 11) is 0. The summed E-state index contributed by atoms with van der Waals surface area (Å²) >= 11 is 0. The van der Waals surface area contributed by atoms with E-state index < -0.39 is 0 Å². The Bertz CT molecular complexity index is 299. The van der Waals surface area contributed by atoms with Crippen LogP contribution in [0.1, 0.15) is 44.1 Å². The monoisotopic (exact) mass is 207 g/mol. The Labute approximate surface area is 92.1 Å². The lowest BCUT2D eigenvalue weighted by atomic mass is 10.00. The molecule has 0 amide bonds. The summed E-state index contributed by atoms with van der Waals surface area (Å²) in [4.78, 5) is 0. The van der Waals surface area contributed by atoms with Crippen LogP contribution in [0.4, 0.5) is 0 Å². The van der Waals surface area contributed by atoms with Gasteiger partial charge in [-0.15, -0.1) is 0 Å². The summed E-state index contributed by atoms with van der Waals surface area (Å²) in [6.45, 7) is 5.15. The SMILES string of the molecule is Cc1ccc(CNC(C)C2CCCC2)o1. The first-order valence-corrected chi connectivity index (χ1v) is 6.04. The molecular weight excluding hydrogens is 186 g/mol. The maximum atomic E-state index is 5.53. The molecule has 2 nitrogen and oxygen atoms in total. The lowest BCUT2D eigenvalue weighted by Crippen LogP contribution is -2.31. The molecule has 1 heterocycles. The minimum atomic E-state index is 0.623. The Hall–Kier alpha value is -0.760. The molecule has 0 bridgehead atoms. The van der Waals surface area contributed by atoms with Gasteiger partial charge in [0.05, 0.1) is 6.54 Å². The number of rotatable bonds is 4. The van der Waals surface area contributed by atoms with Crippen molar-refractivity contribution in [1.82, 2.24) is 5.32 Å². The average Bonchev–Trinajstić information content (AvgIpc) is 2.84. The maximum absolute atomic E-state index is 5.53. The Kier molecular flexibility index (Phi) is 3.47. The van der Waals surface area contributed by atoms with Gasteiger partial charge in [-0.2, -0.15) is 0 Å². The van der Waals surface area contributed by atoms with Crippen molar-refractivity contribution in [3.8, 4) is 0 Å². The maximum Gasteiger partial charge on any atom is 0.117 e. The zero-order valence-electron chi connectivity index (χ0n) is 9.75. The van der Waals surface area contributed by atoms with Crippen molar-refractivity contribution in [3.05, 3.63) is 23.7 Å². The number of hydrogen-bond acceptors (Lipinski definition) is 2. The summed E-state index contributed by atoms with van der Waals surface area (Å²) in [5, 5.41) is 3.56. The average molecular weight is 207 g/mol. The van der Waals surface area contributed by atoms with Gasteiger partial charge in [0, 0.05) is 6.04 Å². The van der Waals surface area contributed by atoms with E-state index in [1.807, 2.05) is 13.0 Å². The molecule has 1 N–H and O–H groups in total. The molecule has 2 rings (SSSR count). The molecule has 1 aromatic rings. The van der Waals surface area contributed by atoms with Crippen LogP contribution in [0.25, 0.3) is 0 Å². The van der Waals surface area contributed by atoms with Crippen molar-refractivity contribution in [2.45, 2.75) is 52.1 Å². The van der Waals surface area contributed by atoms with Crippen molar-refractivity contribution < 1.29 is 4.42 Å². The second-order valence-corrected chi connectivity index (χ2v) is 4.73. The van der Waals surface area contributed by atoms with E-state index in [9.17, 15) is 0 Å². The van der Waals surface area contributed by atoms with Crippen molar-refractivity contribution >= 4 is 0 Å². The second kappa shape index (κ2) is 4.84. The van der Waals surface area contributed by atoms with Gasteiger partial charge in [-0.1, -0.05) is 12.8 Å². The van der Waals surface area contributed by atoms with Crippen LogP contribution in [-0.4, -0.2) is 6.04 Å². The number of furan rings is 1. The van der Waals surface area contributed by atoms with Gasteiger partial charge in [-0.25, -0.2) is 0 Å².